The van der Waals surface area contributed by atoms with Gasteiger partial charge in [-0.05, 0) is 61.7 Å². The van der Waals surface area contributed by atoms with Crippen LogP contribution in [0.5, 0.6) is 5.75 Å². The summed E-state index contributed by atoms with van der Waals surface area (Å²) in [6.07, 6.45) is 5.26. The molecule has 24 heavy (non-hydrogen) atoms. The molecular weight excluding hydrogens is 322 g/mol. The lowest BCUT2D eigenvalue weighted by Crippen LogP contribution is -2.23. The molecule has 6 nitrogen and oxygen atoms in total. The van der Waals surface area contributed by atoms with Crippen LogP contribution >= 0.6 is 12.2 Å². The average Bonchev–Trinajstić information content (AvgIpc) is 2.60. The van der Waals surface area contributed by atoms with Crippen molar-refractivity contribution in [1.29, 1.82) is 0 Å². The third kappa shape index (κ3) is 3.64. The number of allylic oxidation sites excluding steroid dienone is 1. The third-order valence-corrected chi connectivity index (χ3v) is 3.41. The number of nitrogens with one attached hydrogen (secondary N) is 2. The summed E-state index contributed by atoms with van der Waals surface area (Å²) in [7, 11) is 0. The summed E-state index contributed by atoms with van der Waals surface area (Å²) in [4.78, 5) is 13.3. The van der Waals surface area contributed by atoms with E-state index in [0.717, 1.165) is 5.56 Å². The highest BCUT2D eigenvalue weighted by Gasteiger charge is 2.06. The van der Waals surface area contributed by atoms with Crippen molar-refractivity contribution in [2.45, 2.75) is 6.92 Å². The molecule has 0 bridgehead atoms. The van der Waals surface area contributed by atoms with Crippen LogP contribution in [0.4, 0.5) is 5.82 Å². The van der Waals surface area contributed by atoms with Gasteiger partial charge in [-0.1, -0.05) is 6.08 Å². The number of hydrogen-bond donors (Lipinski definition) is 3. The molecular formula is C17H15N5OS. The van der Waals surface area contributed by atoms with Gasteiger partial charge in [0.05, 0.1) is 11.9 Å². The Morgan fingerprint density at radius 3 is 2.67 bits per heavy atom. The number of nitrogens with zero attached hydrogens (tertiary/aromatic N) is 3. The minimum Gasteiger partial charge on any atom is -0.508 e. The Morgan fingerprint density at radius 1 is 1.12 bits per heavy atom. The maximum absolute atomic E-state index is 9.38. The number of pyridine rings is 1. The smallest absolute Gasteiger partial charge is 0.180 e. The maximum Gasteiger partial charge on any atom is 0.180 e. The highest BCUT2D eigenvalue weighted by molar-refractivity contribution is 7.80. The Balaban J connectivity index is 1.90. The number of phenols is 1. The van der Waals surface area contributed by atoms with E-state index in [4.69, 9.17) is 12.2 Å². The molecule has 120 valence electrons. The number of anilines is 1. The monoisotopic (exact) mass is 337 g/mol. The molecule has 0 unspecified atom stereocenters. The molecule has 0 amide bonds. The Hall–Kier alpha value is -3.06. The number of phenolic OH excluding ortho intramolecular Hbond substituents is 1. The van der Waals surface area contributed by atoms with Crippen molar-refractivity contribution in [3.63, 3.8) is 0 Å². The van der Waals surface area contributed by atoms with Gasteiger partial charge in [0.15, 0.2) is 10.8 Å². The summed E-state index contributed by atoms with van der Waals surface area (Å²) in [5.41, 5.74) is 2.74. The summed E-state index contributed by atoms with van der Waals surface area (Å²) >= 11 is 5.17. The van der Waals surface area contributed by atoms with E-state index in [9.17, 15) is 5.11 Å². The highest BCUT2D eigenvalue weighted by atomic mass is 32.1. The van der Waals surface area contributed by atoms with Gasteiger partial charge in [-0.3, -0.25) is 4.98 Å². The largest absolute Gasteiger partial charge is 0.508 e. The second-order valence-electron chi connectivity index (χ2n) is 4.94. The van der Waals surface area contributed by atoms with Crippen LogP contribution in [0.25, 0.3) is 22.4 Å². The Kier molecular flexibility index (Phi) is 4.62. The van der Waals surface area contributed by atoms with Crippen molar-refractivity contribution >= 4 is 34.3 Å². The first-order valence-electron chi connectivity index (χ1n) is 7.27. The number of thiocarbonyl (C=S) groups is 1. The van der Waals surface area contributed by atoms with Crippen LogP contribution in [0.2, 0.25) is 0 Å². The molecule has 0 aliphatic rings. The van der Waals surface area contributed by atoms with Gasteiger partial charge in [-0.25, -0.2) is 9.97 Å². The quantitative estimate of drug-likeness (QED) is 0.633. The summed E-state index contributed by atoms with van der Waals surface area (Å²) < 4.78 is 0. The van der Waals surface area contributed by atoms with Crippen LogP contribution in [0.1, 0.15) is 6.92 Å². The molecule has 2 heterocycles. The molecule has 0 aliphatic carbocycles. The third-order valence-electron chi connectivity index (χ3n) is 3.19. The normalized spacial score (nSPS) is 10.9. The highest BCUT2D eigenvalue weighted by Crippen LogP contribution is 2.21. The standard InChI is InChI=1S/C17H15N5OS/c1-2-9-18-17(24)22-15-8-7-13-16(21-15)20-14(10-19-13)11-3-5-12(23)6-4-11/h2-10,23H,1H3,(H2,18,20,21,22,24). The lowest BCUT2D eigenvalue weighted by atomic mass is 10.1. The number of fused-ring (bicyclic) bond motifs is 1. The van der Waals surface area contributed by atoms with E-state index in [0.29, 0.717) is 27.8 Å². The van der Waals surface area contributed by atoms with Gasteiger partial charge in [0.25, 0.3) is 0 Å². The van der Waals surface area contributed by atoms with Gasteiger partial charge >= 0.3 is 0 Å². The zero-order valence-corrected chi connectivity index (χ0v) is 13.7. The number of aromatic nitrogens is 3. The van der Waals surface area contributed by atoms with E-state index < -0.39 is 0 Å². The molecule has 2 aromatic heterocycles. The molecule has 0 fully saturated rings. The molecule has 3 aromatic rings. The minimum absolute atomic E-state index is 0.208. The summed E-state index contributed by atoms with van der Waals surface area (Å²) in [6.45, 7) is 1.89. The van der Waals surface area contributed by atoms with E-state index in [-0.39, 0.29) is 5.75 Å². The predicted octanol–water partition coefficient (Wildman–Crippen LogP) is 3.22. The van der Waals surface area contributed by atoms with E-state index in [1.165, 1.54) is 0 Å². The van der Waals surface area contributed by atoms with Crippen molar-refractivity contribution in [2.24, 2.45) is 0 Å². The lowest BCUT2D eigenvalue weighted by molar-refractivity contribution is 0.475. The van der Waals surface area contributed by atoms with E-state index in [1.807, 2.05) is 19.1 Å². The molecule has 0 radical (unpaired) electrons. The number of rotatable bonds is 3. The van der Waals surface area contributed by atoms with Crippen molar-refractivity contribution in [2.75, 3.05) is 5.32 Å². The maximum atomic E-state index is 9.38. The lowest BCUT2D eigenvalue weighted by Gasteiger charge is -2.08. The summed E-state index contributed by atoms with van der Waals surface area (Å²) in [5.74, 6) is 0.793. The molecule has 0 atom stereocenters. The van der Waals surface area contributed by atoms with E-state index in [2.05, 4.69) is 25.6 Å². The Morgan fingerprint density at radius 2 is 1.92 bits per heavy atom. The number of benzene rings is 1. The van der Waals surface area contributed by atoms with Gasteiger partial charge < -0.3 is 15.7 Å². The summed E-state index contributed by atoms with van der Waals surface area (Å²) in [6, 6.07) is 10.4. The van der Waals surface area contributed by atoms with E-state index >= 15 is 0 Å². The molecule has 0 saturated heterocycles. The van der Waals surface area contributed by atoms with Crippen molar-refractivity contribution in [1.82, 2.24) is 20.3 Å². The van der Waals surface area contributed by atoms with Crippen LogP contribution in [0, 0.1) is 0 Å². The van der Waals surface area contributed by atoms with Gasteiger partial charge in [0.2, 0.25) is 0 Å². The SMILES string of the molecule is CC=CNC(=S)Nc1ccc2ncc(-c3ccc(O)cc3)nc2n1. The molecule has 3 N–H and O–H groups in total. The van der Waals surface area contributed by atoms with Gasteiger partial charge in [0, 0.05) is 5.56 Å². The van der Waals surface area contributed by atoms with Gasteiger partial charge in [-0.15, -0.1) is 0 Å². The molecule has 0 spiro atoms. The zero-order chi connectivity index (χ0) is 16.9. The first-order chi connectivity index (χ1) is 11.7. The van der Waals surface area contributed by atoms with Crippen LogP contribution < -0.4 is 10.6 Å². The topological polar surface area (TPSA) is 83.0 Å². The second-order valence-corrected chi connectivity index (χ2v) is 5.35. The molecule has 3 rings (SSSR count). The Labute approximate surface area is 144 Å². The van der Waals surface area contributed by atoms with E-state index in [1.54, 1.807) is 42.7 Å². The zero-order valence-electron chi connectivity index (χ0n) is 12.9. The fourth-order valence-corrected chi connectivity index (χ4v) is 2.22. The molecule has 7 heteroatoms. The fourth-order valence-electron chi connectivity index (χ4n) is 2.05. The fraction of sp³-hybridized carbons (Fsp3) is 0.0588. The predicted molar refractivity (Wildman–Crippen MR) is 98.6 cm³/mol. The Bertz CT molecular complexity index is 909. The van der Waals surface area contributed by atoms with Gasteiger partial charge in [0.1, 0.15) is 17.1 Å². The average molecular weight is 337 g/mol. The minimum atomic E-state index is 0.208. The van der Waals surface area contributed by atoms with Crippen LogP contribution in [0.15, 0.2) is 54.9 Å². The van der Waals surface area contributed by atoms with Crippen LogP contribution in [-0.2, 0) is 0 Å². The number of hydrogen-bond acceptors (Lipinski definition) is 5. The first kappa shape index (κ1) is 15.8. The van der Waals surface area contributed by atoms with Crippen molar-refractivity contribution in [3.8, 4) is 17.0 Å². The second kappa shape index (κ2) is 7.01. The molecule has 0 aliphatic heterocycles. The van der Waals surface area contributed by atoms with Gasteiger partial charge in [-0.2, -0.15) is 0 Å². The van der Waals surface area contributed by atoms with Crippen LogP contribution in [0.3, 0.4) is 0 Å². The van der Waals surface area contributed by atoms with Crippen LogP contribution in [-0.4, -0.2) is 25.2 Å². The van der Waals surface area contributed by atoms with Crippen molar-refractivity contribution in [3.05, 3.63) is 54.9 Å². The molecule has 1 aromatic carbocycles. The molecule has 0 saturated carbocycles. The summed E-state index contributed by atoms with van der Waals surface area (Å²) in [5, 5.41) is 15.7. The number of aromatic hydroxyl groups is 1. The first-order valence-corrected chi connectivity index (χ1v) is 7.68. The van der Waals surface area contributed by atoms with Crippen molar-refractivity contribution < 1.29 is 5.11 Å².